The van der Waals surface area contributed by atoms with E-state index in [-0.39, 0.29) is 25.4 Å². The lowest BCUT2D eigenvalue weighted by molar-refractivity contribution is -0.130. The Kier molecular flexibility index (Phi) is 6.74. The minimum Gasteiger partial charge on any atom is -0.483 e. The van der Waals surface area contributed by atoms with Crippen LogP contribution in [0.4, 0.5) is 0 Å². The lowest BCUT2D eigenvalue weighted by atomic mass is 10.1. The van der Waals surface area contributed by atoms with Crippen molar-refractivity contribution >= 4 is 23.2 Å². The van der Waals surface area contributed by atoms with E-state index in [2.05, 4.69) is 21.0 Å². The lowest BCUT2D eigenvalue weighted by Crippen LogP contribution is -2.43. The average molecular weight is 400 g/mol. The van der Waals surface area contributed by atoms with Gasteiger partial charge in [-0.2, -0.15) is 16.3 Å². The fourth-order valence-electron chi connectivity index (χ4n) is 2.40. The first kappa shape index (κ1) is 19.6. The summed E-state index contributed by atoms with van der Waals surface area (Å²) in [6.07, 6.45) is 1.18. The van der Waals surface area contributed by atoms with Crippen LogP contribution >= 0.6 is 11.3 Å². The van der Waals surface area contributed by atoms with Gasteiger partial charge in [0, 0.05) is 23.8 Å². The Hall–Kier alpha value is -3.20. The molecule has 2 N–H and O–H groups in total. The zero-order valence-corrected chi connectivity index (χ0v) is 16.1. The number of carbonyl (C=O) groups excluding carboxylic acids is 2. The van der Waals surface area contributed by atoms with E-state index in [0.717, 1.165) is 17.5 Å². The molecule has 0 aliphatic heterocycles. The molecule has 1 aromatic carbocycles. The number of nitrogens with one attached hydrogen (secondary N) is 2. The molecule has 146 valence electrons. The number of carbonyl (C=O) groups is 2. The van der Waals surface area contributed by atoms with Gasteiger partial charge in [0.1, 0.15) is 5.75 Å². The Morgan fingerprint density at radius 2 is 2.00 bits per heavy atom. The molecule has 0 radical (unpaired) electrons. The molecule has 0 atom stereocenters. The largest absolute Gasteiger partial charge is 0.483 e. The van der Waals surface area contributed by atoms with Crippen LogP contribution in [0.5, 0.6) is 5.75 Å². The van der Waals surface area contributed by atoms with Crippen LogP contribution in [0.25, 0.3) is 11.4 Å². The predicted octanol–water partition coefficient (Wildman–Crippen LogP) is 2.52. The monoisotopic (exact) mass is 400 g/mol. The smallest absolute Gasteiger partial charge is 0.276 e. The minimum atomic E-state index is -0.447. The van der Waals surface area contributed by atoms with Crippen molar-refractivity contribution in [3.8, 4) is 17.1 Å². The third-order valence-electron chi connectivity index (χ3n) is 3.87. The maximum atomic E-state index is 11.9. The maximum absolute atomic E-state index is 11.9. The van der Waals surface area contributed by atoms with Gasteiger partial charge >= 0.3 is 0 Å². The van der Waals surface area contributed by atoms with E-state index in [9.17, 15) is 9.59 Å². The SMILES string of the molecule is CCc1ccccc1OCC(=O)NNC(=O)CCc1nc(-c2ccsc2)no1. The molecule has 2 heterocycles. The number of aromatic nitrogens is 2. The number of benzene rings is 1. The summed E-state index contributed by atoms with van der Waals surface area (Å²) in [5.74, 6) is 0.704. The standard InChI is InChI=1S/C19H20N4O4S/c1-2-13-5-3-4-6-15(13)26-11-17(25)22-21-16(24)7-8-18-20-19(23-27-18)14-9-10-28-12-14/h3-6,9-10,12H,2,7-8,11H2,1H3,(H,21,24)(H,22,25). The van der Waals surface area contributed by atoms with Crippen LogP contribution in [-0.2, 0) is 22.4 Å². The summed E-state index contributed by atoms with van der Waals surface area (Å²) >= 11 is 1.54. The van der Waals surface area contributed by atoms with Crippen molar-refractivity contribution in [3.63, 3.8) is 0 Å². The van der Waals surface area contributed by atoms with Crippen LogP contribution in [0.2, 0.25) is 0 Å². The molecular weight excluding hydrogens is 380 g/mol. The van der Waals surface area contributed by atoms with Crippen LogP contribution in [0.3, 0.4) is 0 Å². The minimum absolute atomic E-state index is 0.102. The molecule has 8 nitrogen and oxygen atoms in total. The predicted molar refractivity (Wildman–Crippen MR) is 104 cm³/mol. The maximum Gasteiger partial charge on any atom is 0.276 e. The molecule has 3 rings (SSSR count). The van der Waals surface area contributed by atoms with Crippen molar-refractivity contribution in [1.82, 2.24) is 21.0 Å². The number of aryl methyl sites for hydroxylation is 2. The summed E-state index contributed by atoms with van der Waals surface area (Å²) in [6, 6.07) is 9.40. The number of thiophene rings is 1. The van der Waals surface area contributed by atoms with Crippen molar-refractivity contribution in [2.45, 2.75) is 26.2 Å². The number of para-hydroxylation sites is 1. The van der Waals surface area contributed by atoms with E-state index >= 15 is 0 Å². The molecular formula is C19H20N4O4S. The Balaban J connectivity index is 1.37. The summed E-state index contributed by atoms with van der Waals surface area (Å²) in [5.41, 5.74) is 6.56. The summed E-state index contributed by atoms with van der Waals surface area (Å²) in [5, 5.41) is 7.72. The van der Waals surface area contributed by atoms with E-state index < -0.39 is 5.91 Å². The third-order valence-corrected chi connectivity index (χ3v) is 4.55. The summed E-state index contributed by atoms with van der Waals surface area (Å²) in [6.45, 7) is 1.82. The van der Waals surface area contributed by atoms with Crippen LogP contribution in [0.1, 0.15) is 24.8 Å². The van der Waals surface area contributed by atoms with Gasteiger partial charge in [0.2, 0.25) is 17.6 Å². The second-order valence-electron chi connectivity index (χ2n) is 5.87. The highest BCUT2D eigenvalue weighted by Gasteiger charge is 2.12. The summed E-state index contributed by atoms with van der Waals surface area (Å²) in [7, 11) is 0. The van der Waals surface area contributed by atoms with E-state index in [0.29, 0.717) is 17.5 Å². The molecule has 0 aliphatic carbocycles. The normalized spacial score (nSPS) is 10.5. The topological polar surface area (TPSA) is 106 Å². The molecule has 2 aromatic heterocycles. The van der Waals surface area contributed by atoms with Crippen molar-refractivity contribution in [2.24, 2.45) is 0 Å². The average Bonchev–Trinajstić information content (AvgIpc) is 3.41. The number of rotatable bonds is 8. The zero-order valence-electron chi connectivity index (χ0n) is 15.3. The van der Waals surface area contributed by atoms with Crippen LogP contribution in [0.15, 0.2) is 45.6 Å². The third kappa shape index (κ3) is 5.40. The summed E-state index contributed by atoms with van der Waals surface area (Å²) in [4.78, 5) is 28.0. The van der Waals surface area contributed by atoms with Gasteiger partial charge in [0.25, 0.3) is 5.91 Å². The highest BCUT2D eigenvalue weighted by Crippen LogP contribution is 2.19. The summed E-state index contributed by atoms with van der Waals surface area (Å²) < 4.78 is 10.6. The fraction of sp³-hybridized carbons (Fsp3) is 0.263. The van der Waals surface area contributed by atoms with E-state index in [1.54, 1.807) is 6.07 Å². The molecule has 0 aliphatic rings. The van der Waals surface area contributed by atoms with Crippen molar-refractivity contribution in [1.29, 1.82) is 0 Å². The Morgan fingerprint density at radius 3 is 2.79 bits per heavy atom. The Labute approximate surface area is 165 Å². The number of hydrazine groups is 1. The molecule has 0 saturated heterocycles. The molecule has 0 bridgehead atoms. The fourth-order valence-corrected chi connectivity index (χ4v) is 3.04. The van der Waals surface area contributed by atoms with E-state index in [1.807, 2.05) is 41.9 Å². The van der Waals surface area contributed by atoms with Crippen LogP contribution < -0.4 is 15.6 Å². The van der Waals surface area contributed by atoms with Crippen molar-refractivity contribution < 1.29 is 18.8 Å². The van der Waals surface area contributed by atoms with Gasteiger partial charge in [0.05, 0.1) is 0 Å². The quantitative estimate of drug-likeness (QED) is 0.563. The number of nitrogens with zero attached hydrogens (tertiary/aromatic N) is 2. The van der Waals surface area contributed by atoms with Crippen molar-refractivity contribution in [2.75, 3.05) is 6.61 Å². The number of amides is 2. The van der Waals surface area contributed by atoms with Gasteiger partial charge in [-0.1, -0.05) is 30.3 Å². The number of ether oxygens (including phenoxy) is 1. The van der Waals surface area contributed by atoms with Crippen LogP contribution in [0, 0.1) is 0 Å². The Morgan fingerprint density at radius 1 is 1.18 bits per heavy atom. The van der Waals surface area contributed by atoms with Gasteiger partial charge in [0.15, 0.2) is 6.61 Å². The highest BCUT2D eigenvalue weighted by atomic mass is 32.1. The lowest BCUT2D eigenvalue weighted by Gasteiger charge is -2.11. The first-order valence-corrected chi connectivity index (χ1v) is 9.73. The van der Waals surface area contributed by atoms with Crippen molar-refractivity contribution in [3.05, 3.63) is 52.5 Å². The first-order valence-electron chi connectivity index (χ1n) is 8.79. The molecule has 0 fully saturated rings. The van der Waals surface area contributed by atoms with Gasteiger partial charge in [-0.25, -0.2) is 0 Å². The van der Waals surface area contributed by atoms with Gasteiger partial charge in [-0.15, -0.1) is 0 Å². The number of hydrogen-bond donors (Lipinski definition) is 2. The van der Waals surface area contributed by atoms with E-state index in [4.69, 9.17) is 9.26 Å². The van der Waals surface area contributed by atoms with Gasteiger partial charge in [-0.05, 0) is 29.5 Å². The second kappa shape index (κ2) is 9.65. The van der Waals surface area contributed by atoms with Gasteiger partial charge in [-0.3, -0.25) is 20.4 Å². The molecule has 28 heavy (non-hydrogen) atoms. The molecule has 0 unspecified atom stereocenters. The molecule has 9 heteroatoms. The molecule has 0 saturated carbocycles. The molecule has 3 aromatic rings. The number of hydrogen-bond acceptors (Lipinski definition) is 7. The van der Waals surface area contributed by atoms with Crippen LogP contribution in [-0.4, -0.2) is 28.6 Å². The molecule has 2 amide bonds. The first-order chi connectivity index (χ1) is 13.7. The van der Waals surface area contributed by atoms with E-state index in [1.165, 1.54) is 11.3 Å². The van der Waals surface area contributed by atoms with Gasteiger partial charge < -0.3 is 9.26 Å². The Bertz CT molecular complexity index is 924. The second-order valence-corrected chi connectivity index (χ2v) is 6.65. The highest BCUT2D eigenvalue weighted by molar-refractivity contribution is 7.08. The zero-order chi connectivity index (χ0) is 19.8. The molecule has 0 spiro atoms.